The van der Waals surface area contributed by atoms with Crippen molar-refractivity contribution in [2.75, 3.05) is 14.1 Å². The first-order chi connectivity index (χ1) is 6.45. The molecule has 6 heteroatoms. The third-order valence-corrected chi connectivity index (χ3v) is 2.20. The van der Waals surface area contributed by atoms with E-state index in [9.17, 15) is 5.21 Å². The maximum Gasteiger partial charge on any atom is 0.101 e. The summed E-state index contributed by atoms with van der Waals surface area (Å²) in [6.07, 6.45) is 1.38. The number of pyridine rings is 1. The fraction of sp³-hybridized carbons (Fsp3) is 0.250. The number of hydrogen-bond acceptors (Lipinski definition) is 4. The van der Waals surface area contributed by atoms with Gasteiger partial charge in [0.2, 0.25) is 0 Å². The second-order valence-corrected chi connectivity index (χ2v) is 3.98. The lowest BCUT2D eigenvalue weighted by atomic mass is 10.5. The summed E-state index contributed by atoms with van der Waals surface area (Å²) >= 11 is 13.7. The second kappa shape index (κ2) is 6.69. The number of hydrogen-bond donors (Lipinski definition) is 0. The zero-order valence-electron chi connectivity index (χ0n) is 7.84. The molecule has 0 aromatic carbocycles. The number of nitrogens with zero attached hydrogens (tertiary/aromatic N) is 2. The van der Waals surface area contributed by atoms with E-state index in [2.05, 4.69) is 37.1 Å². The van der Waals surface area contributed by atoms with Gasteiger partial charge < -0.3 is 39.7 Å². The van der Waals surface area contributed by atoms with Gasteiger partial charge in [0, 0.05) is 14.1 Å². The molecule has 1 aromatic rings. The first-order valence-corrected chi connectivity index (χ1v) is 4.91. The van der Waals surface area contributed by atoms with Crippen LogP contribution in [0.15, 0.2) is 24.4 Å². The molecule has 3 nitrogen and oxygen atoms in total. The molecule has 0 radical (unpaired) electrons. The molecule has 0 atom stereocenters. The largest absolute Gasteiger partial charge is 0.805 e. The Morgan fingerprint density at radius 3 is 2.21 bits per heavy atom. The molecule has 0 aliphatic rings. The van der Waals surface area contributed by atoms with Gasteiger partial charge in [-0.3, -0.25) is 0 Å². The first kappa shape index (κ1) is 13.3. The summed E-state index contributed by atoms with van der Waals surface area (Å²) in [4.78, 5) is 1.71. The Kier molecular flexibility index (Phi) is 6.35. The fourth-order valence-corrected chi connectivity index (χ4v) is 0.552. The highest BCUT2D eigenvalue weighted by Gasteiger charge is 1.72. The molecule has 1 aromatic heterocycles. The van der Waals surface area contributed by atoms with Crippen molar-refractivity contribution < 1.29 is 0 Å². The van der Waals surface area contributed by atoms with Crippen molar-refractivity contribution in [1.82, 2.24) is 9.63 Å². The van der Waals surface area contributed by atoms with Gasteiger partial charge in [-0.1, -0.05) is 22.6 Å². The molecule has 0 saturated carbocycles. The molecule has 0 unspecified atom stereocenters. The highest BCUT2D eigenvalue weighted by molar-refractivity contribution is 8.00. The molecule has 0 spiro atoms. The number of thiocarbonyl (C=S) groups is 1. The van der Waals surface area contributed by atoms with E-state index >= 15 is 0 Å². The van der Waals surface area contributed by atoms with E-state index < -0.39 is 0 Å². The van der Waals surface area contributed by atoms with Crippen LogP contribution < -0.4 is 0 Å². The minimum atomic E-state index is 0.313. The standard InChI is InChI=1S/C5H4NOS.C3H7NS2/c7-6-4-2-1-3-5(6)8;1-4(2)3(5)6/h1-4H;1-2H3,(H,5,6)/q-1;/p-1. The van der Waals surface area contributed by atoms with Crippen LogP contribution in [0.25, 0.3) is 0 Å². The molecule has 0 amide bonds. The lowest BCUT2D eigenvalue weighted by Crippen LogP contribution is -2.15. The highest BCUT2D eigenvalue weighted by atomic mass is 32.1. The molecule has 1 rings (SSSR count). The van der Waals surface area contributed by atoms with Gasteiger partial charge in [0.25, 0.3) is 0 Å². The van der Waals surface area contributed by atoms with Crippen LogP contribution in [0.3, 0.4) is 0 Å². The molecule has 1 heterocycles. The van der Waals surface area contributed by atoms with E-state index in [1.807, 2.05) is 14.1 Å². The maximum atomic E-state index is 10.4. The molecule has 0 aliphatic heterocycles. The third-order valence-electron chi connectivity index (χ3n) is 1.15. The summed E-state index contributed by atoms with van der Waals surface area (Å²) in [5, 5.41) is 10.4. The predicted octanol–water partition coefficient (Wildman–Crippen LogP) is 1.94. The Balaban J connectivity index is 0.000000255. The minimum absolute atomic E-state index is 0.313. The Morgan fingerprint density at radius 1 is 1.50 bits per heavy atom. The highest BCUT2D eigenvalue weighted by Crippen LogP contribution is 1.88. The van der Waals surface area contributed by atoms with Crippen LogP contribution in [0.5, 0.6) is 0 Å². The van der Waals surface area contributed by atoms with Gasteiger partial charge in [-0.25, -0.2) is 0 Å². The monoisotopic (exact) mass is 246 g/mol. The van der Waals surface area contributed by atoms with E-state index in [0.717, 1.165) is 0 Å². The summed E-state index contributed by atoms with van der Waals surface area (Å²) in [6, 6.07) is 4.96. The van der Waals surface area contributed by atoms with E-state index in [1.165, 1.54) is 6.20 Å². The van der Waals surface area contributed by atoms with Crippen LogP contribution >= 0.6 is 24.4 Å². The van der Waals surface area contributed by atoms with Gasteiger partial charge in [-0.05, 0) is 18.3 Å². The average molecular weight is 246 g/mol. The van der Waals surface area contributed by atoms with Gasteiger partial charge in [0.1, 0.15) is 4.64 Å². The van der Waals surface area contributed by atoms with Crippen molar-refractivity contribution in [1.29, 1.82) is 0 Å². The minimum Gasteiger partial charge on any atom is -0.805 e. The molecule has 0 aliphatic carbocycles. The molecule has 14 heavy (non-hydrogen) atoms. The van der Waals surface area contributed by atoms with Crippen molar-refractivity contribution in [3.63, 3.8) is 0 Å². The van der Waals surface area contributed by atoms with Gasteiger partial charge in [-0.2, -0.15) is 0 Å². The molecule has 78 valence electrons. The Bertz CT molecular complexity index is 348. The summed E-state index contributed by atoms with van der Waals surface area (Å²) in [5.74, 6) is 0. The second-order valence-electron chi connectivity index (χ2n) is 2.53. The van der Waals surface area contributed by atoms with Crippen LogP contribution in [-0.2, 0) is 12.6 Å². The Labute approximate surface area is 99.3 Å². The number of rotatable bonds is 0. The van der Waals surface area contributed by atoms with Crippen LogP contribution in [0.1, 0.15) is 0 Å². The Morgan fingerprint density at radius 2 is 2.00 bits per heavy atom. The van der Waals surface area contributed by atoms with Crippen LogP contribution in [0.2, 0.25) is 0 Å². The lowest BCUT2D eigenvalue weighted by Gasteiger charge is -2.15. The third kappa shape index (κ3) is 5.85. The van der Waals surface area contributed by atoms with Gasteiger partial charge in [0.15, 0.2) is 0 Å². The average Bonchev–Trinajstić information content (AvgIpc) is 2.11. The normalized spacial score (nSPS) is 8.43. The summed E-state index contributed by atoms with van der Waals surface area (Å²) in [7, 11) is 3.66. The van der Waals surface area contributed by atoms with E-state index in [0.29, 0.717) is 13.7 Å². The van der Waals surface area contributed by atoms with Gasteiger partial charge in [-0.15, -0.1) is 0 Å². The van der Waals surface area contributed by atoms with Gasteiger partial charge >= 0.3 is 0 Å². The lowest BCUT2D eigenvalue weighted by molar-refractivity contribution is 0.648. The van der Waals surface area contributed by atoms with E-state index in [1.54, 1.807) is 23.1 Å². The fourth-order valence-electron chi connectivity index (χ4n) is 0.413. The maximum absolute atomic E-state index is 10.4. The van der Waals surface area contributed by atoms with E-state index in [4.69, 9.17) is 0 Å². The SMILES string of the molecule is CN(C)C(=S)[S-].[O-]n1ccccc1=S. The summed E-state index contributed by atoms with van der Waals surface area (Å²) in [5.41, 5.74) is 0. The van der Waals surface area contributed by atoms with Crippen LogP contribution in [0.4, 0.5) is 0 Å². The van der Waals surface area contributed by atoms with Crippen molar-refractivity contribution in [3.8, 4) is 0 Å². The Hall–Kier alpha value is -0.720. The molecule has 0 N–H and O–H groups in total. The number of aromatic nitrogens is 1. The van der Waals surface area contributed by atoms with Crippen LogP contribution in [-0.4, -0.2) is 28.0 Å². The van der Waals surface area contributed by atoms with Crippen molar-refractivity contribution >= 4 is 41.4 Å². The molecule has 0 fully saturated rings. The smallest absolute Gasteiger partial charge is 0.101 e. The van der Waals surface area contributed by atoms with Crippen LogP contribution in [0, 0.1) is 9.85 Å². The van der Waals surface area contributed by atoms with E-state index in [-0.39, 0.29) is 0 Å². The molecule has 0 saturated heterocycles. The topological polar surface area (TPSA) is 31.2 Å². The quantitative estimate of drug-likeness (QED) is 0.516. The zero-order chi connectivity index (χ0) is 11.1. The molecular weight excluding hydrogens is 236 g/mol. The molecule has 0 bridgehead atoms. The van der Waals surface area contributed by atoms with Crippen molar-refractivity contribution in [3.05, 3.63) is 34.2 Å². The molecular formula is C8H10N2OS3-2. The van der Waals surface area contributed by atoms with Crippen molar-refractivity contribution in [2.45, 2.75) is 0 Å². The summed E-state index contributed by atoms with van der Waals surface area (Å²) in [6.45, 7) is 0. The first-order valence-electron chi connectivity index (χ1n) is 3.68. The van der Waals surface area contributed by atoms with Gasteiger partial charge in [0.05, 0.1) is 0 Å². The predicted molar refractivity (Wildman–Crippen MR) is 67.7 cm³/mol. The zero-order valence-corrected chi connectivity index (χ0v) is 10.3. The summed E-state index contributed by atoms with van der Waals surface area (Å²) < 4.78 is 1.47. The van der Waals surface area contributed by atoms with Crippen molar-refractivity contribution in [2.24, 2.45) is 0 Å².